The van der Waals surface area contributed by atoms with Gasteiger partial charge >= 0.3 is 0 Å². The first-order chi connectivity index (χ1) is 7.36. The monoisotopic (exact) mass is 203 g/mol. The van der Waals surface area contributed by atoms with E-state index >= 15 is 0 Å². The Morgan fingerprint density at radius 2 is 2.13 bits per heavy atom. The minimum atomic E-state index is 0.762. The highest BCUT2D eigenvalue weighted by atomic mass is 14.9. The lowest BCUT2D eigenvalue weighted by molar-refractivity contribution is 0.382. The number of hydrogen-bond acceptors (Lipinski definition) is 1. The van der Waals surface area contributed by atoms with Gasteiger partial charge in [0.05, 0.1) is 0 Å². The molecule has 1 aromatic rings. The third kappa shape index (κ3) is 3.07. The Hall–Kier alpha value is -0.820. The van der Waals surface area contributed by atoms with Gasteiger partial charge in [0.2, 0.25) is 0 Å². The lowest BCUT2D eigenvalue weighted by Crippen LogP contribution is -2.34. The van der Waals surface area contributed by atoms with Crippen LogP contribution in [0.4, 0.5) is 0 Å². The van der Waals surface area contributed by atoms with Gasteiger partial charge in [0.15, 0.2) is 0 Å². The number of rotatable bonds is 3. The topological polar surface area (TPSA) is 12.0 Å². The fourth-order valence-corrected chi connectivity index (χ4v) is 2.39. The highest BCUT2D eigenvalue weighted by Crippen LogP contribution is 2.15. The molecule has 0 amide bonds. The van der Waals surface area contributed by atoms with Crippen LogP contribution in [0.15, 0.2) is 24.3 Å². The molecule has 82 valence electrons. The largest absolute Gasteiger partial charge is 0.314 e. The van der Waals surface area contributed by atoms with Gasteiger partial charge in [0.1, 0.15) is 0 Å². The van der Waals surface area contributed by atoms with E-state index in [0.717, 1.165) is 6.04 Å². The Labute approximate surface area is 92.9 Å². The molecule has 1 unspecified atom stereocenters. The molecule has 1 heteroatoms. The van der Waals surface area contributed by atoms with Crippen LogP contribution in [0.2, 0.25) is 0 Å². The number of piperidine rings is 1. The average molecular weight is 203 g/mol. The van der Waals surface area contributed by atoms with E-state index in [1.165, 1.54) is 49.8 Å². The fraction of sp³-hybridized carbons (Fsp3) is 0.571. The molecule has 0 saturated carbocycles. The average Bonchev–Trinajstić information content (AvgIpc) is 2.29. The molecule has 1 aliphatic heterocycles. The van der Waals surface area contributed by atoms with E-state index in [2.05, 4.69) is 36.5 Å². The van der Waals surface area contributed by atoms with E-state index in [1.54, 1.807) is 0 Å². The van der Waals surface area contributed by atoms with Crippen LogP contribution in [0.5, 0.6) is 0 Å². The number of aryl methyl sites for hydroxylation is 2. The maximum atomic E-state index is 3.61. The van der Waals surface area contributed by atoms with Crippen LogP contribution in [0.3, 0.4) is 0 Å². The molecule has 0 radical (unpaired) electrons. The standard InChI is InChI=1S/C14H21N/c1-12-6-2-3-7-13(12)9-10-14-8-4-5-11-15-14/h2-3,6-7,14-15H,4-5,8-11H2,1H3. The number of nitrogens with one attached hydrogen (secondary N) is 1. The second-order valence-electron chi connectivity index (χ2n) is 4.61. The molecular formula is C14H21N. The summed E-state index contributed by atoms with van der Waals surface area (Å²) in [6.45, 7) is 3.43. The highest BCUT2D eigenvalue weighted by Gasteiger charge is 2.12. The van der Waals surface area contributed by atoms with Crippen LogP contribution < -0.4 is 5.32 Å². The van der Waals surface area contributed by atoms with Gasteiger partial charge in [-0.05, 0) is 50.3 Å². The summed E-state index contributed by atoms with van der Waals surface area (Å²) in [5.74, 6) is 0. The highest BCUT2D eigenvalue weighted by molar-refractivity contribution is 5.25. The Morgan fingerprint density at radius 1 is 1.27 bits per heavy atom. The van der Waals surface area contributed by atoms with Crippen molar-refractivity contribution in [3.05, 3.63) is 35.4 Å². The van der Waals surface area contributed by atoms with Crippen molar-refractivity contribution >= 4 is 0 Å². The Balaban J connectivity index is 1.84. The maximum Gasteiger partial charge on any atom is 0.00702 e. The van der Waals surface area contributed by atoms with Crippen LogP contribution in [-0.4, -0.2) is 12.6 Å². The number of benzene rings is 1. The summed E-state index contributed by atoms with van der Waals surface area (Å²) < 4.78 is 0. The minimum absolute atomic E-state index is 0.762. The predicted octanol–water partition coefficient (Wildman–Crippen LogP) is 3.07. The molecule has 1 aromatic carbocycles. The van der Waals surface area contributed by atoms with E-state index in [0.29, 0.717) is 0 Å². The molecule has 1 fully saturated rings. The quantitative estimate of drug-likeness (QED) is 0.796. The van der Waals surface area contributed by atoms with Gasteiger partial charge in [-0.1, -0.05) is 30.7 Å². The zero-order valence-corrected chi connectivity index (χ0v) is 9.63. The molecule has 0 bridgehead atoms. The van der Waals surface area contributed by atoms with Gasteiger partial charge in [-0.3, -0.25) is 0 Å². The van der Waals surface area contributed by atoms with Gasteiger partial charge in [0.25, 0.3) is 0 Å². The first-order valence-electron chi connectivity index (χ1n) is 6.14. The SMILES string of the molecule is Cc1ccccc1CCC1CCCCN1. The second kappa shape index (κ2) is 5.32. The van der Waals surface area contributed by atoms with E-state index in [4.69, 9.17) is 0 Å². The van der Waals surface area contributed by atoms with Gasteiger partial charge in [-0.25, -0.2) is 0 Å². The molecule has 2 rings (SSSR count). The molecule has 0 aliphatic carbocycles. The van der Waals surface area contributed by atoms with Crippen molar-refractivity contribution in [2.45, 2.75) is 45.1 Å². The van der Waals surface area contributed by atoms with Crippen molar-refractivity contribution in [2.75, 3.05) is 6.54 Å². The van der Waals surface area contributed by atoms with E-state index in [-0.39, 0.29) is 0 Å². The molecule has 1 heterocycles. The molecule has 0 spiro atoms. The Kier molecular flexibility index (Phi) is 3.79. The van der Waals surface area contributed by atoms with Crippen molar-refractivity contribution in [3.8, 4) is 0 Å². The fourth-order valence-electron chi connectivity index (χ4n) is 2.39. The van der Waals surface area contributed by atoms with Crippen molar-refractivity contribution in [1.29, 1.82) is 0 Å². The smallest absolute Gasteiger partial charge is 0.00702 e. The Bertz CT molecular complexity index is 300. The normalized spacial score (nSPS) is 21.5. The van der Waals surface area contributed by atoms with Crippen molar-refractivity contribution in [3.63, 3.8) is 0 Å². The van der Waals surface area contributed by atoms with Crippen LogP contribution in [0.25, 0.3) is 0 Å². The van der Waals surface area contributed by atoms with Crippen LogP contribution in [0.1, 0.15) is 36.8 Å². The summed E-state index contributed by atoms with van der Waals surface area (Å²) in [6, 6.07) is 9.51. The molecule has 0 aromatic heterocycles. The maximum absolute atomic E-state index is 3.61. The predicted molar refractivity (Wildman–Crippen MR) is 65.1 cm³/mol. The summed E-state index contributed by atoms with van der Waals surface area (Å²) >= 11 is 0. The second-order valence-corrected chi connectivity index (χ2v) is 4.61. The first kappa shape index (κ1) is 10.7. The molecule has 1 aliphatic rings. The van der Waals surface area contributed by atoms with Crippen LogP contribution >= 0.6 is 0 Å². The molecule has 1 nitrogen and oxygen atoms in total. The number of hydrogen-bond donors (Lipinski definition) is 1. The zero-order chi connectivity index (χ0) is 10.5. The van der Waals surface area contributed by atoms with Gasteiger partial charge in [-0.2, -0.15) is 0 Å². The summed E-state index contributed by atoms with van der Waals surface area (Å²) in [5, 5.41) is 3.61. The van der Waals surface area contributed by atoms with Crippen molar-refractivity contribution in [1.82, 2.24) is 5.32 Å². The summed E-state index contributed by atoms with van der Waals surface area (Å²) in [6.07, 6.45) is 6.66. The minimum Gasteiger partial charge on any atom is -0.314 e. The van der Waals surface area contributed by atoms with Crippen LogP contribution in [0, 0.1) is 6.92 Å². The summed E-state index contributed by atoms with van der Waals surface area (Å²) in [7, 11) is 0. The molecular weight excluding hydrogens is 182 g/mol. The van der Waals surface area contributed by atoms with Gasteiger partial charge in [0, 0.05) is 6.04 Å². The van der Waals surface area contributed by atoms with Gasteiger partial charge < -0.3 is 5.32 Å². The van der Waals surface area contributed by atoms with Gasteiger partial charge in [-0.15, -0.1) is 0 Å². The van der Waals surface area contributed by atoms with E-state index in [1.807, 2.05) is 0 Å². The molecule has 1 saturated heterocycles. The summed E-state index contributed by atoms with van der Waals surface area (Å²) in [4.78, 5) is 0. The lowest BCUT2D eigenvalue weighted by atomic mass is 9.96. The zero-order valence-electron chi connectivity index (χ0n) is 9.63. The van der Waals surface area contributed by atoms with Crippen molar-refractivity contribution < 1.29 is 0 Å². The first-order valence-corrected chi connectivity index (χ1v) is 6.14. The lowest BCUT2D eigenvalue weighted by Gasteiger charge is -2.23. The Morgan fingerprint density at radius 3 is 2.87 bits per heavy atom. The van der Waals surface area contributed by atoms with E-state index < -0.39 is 0 Å². The molecule has 15 heavy (non-hydrogen) atoms. The van der Waals surface area contributed by atoms with E-state index in [9.17, 15) is 0 Å². The molecule has 1 N–H and O–H groups in total. The third-order valence-electron chi connectivity index (χ3n) is 3.44. The van der Waals surface area contributed by atoms with Crippen LogP contribution in [-0.2, 0) is 6.42 Å². The van der Waals surface area contributed by atoms with Crippen molar-refractivity contribution in [2.24, 2.45) is 0 Å². The third-order valence-corrected chi connectivity index (χ3v) is 3.44. The molecule has 1 atom stereocenters. The summed E-state index contributed by atoms with van der Waals surface area (Å²) in [5.41, 5.74) is 2.96.